The highest BCUT2D eigenvalue weighted by molar-refractivity contribution is 7.20. The highest BCUT2D eigenvalue weighted by atomic mass is 32.1. The molecule has 6 N–H and O–H groups in total. The SMILES string of the molecule is N=C(N)c1cc2c(OC(CCC(=O)Nc3ccccc3CN)c3ccccc3)cccc2s1. The number of nitrogens with one attached hydrogen (secondary N) is 2. The Kier molecular flexibility index (Phi) is 7.02. The fraction of sp³-hybridized carbons (Fsp3) is 0.154. The number of nitrogens with two attached hydrogens (primary N) is 2. The number of anilines is 1. The molecule has 4 rings (SSSR count). The number of ether oxygens (including phenoxy) is 1. The van der Waals surface area contributed by atoms with Gasteiger partial charge in [-0.1, -0.05) is 54.6 Å². The van der Waals surface area contributed by atoms with Gasteiger partial charge in [-0.25, -0.2) is 0 Å². The Morgan fingerprint density at radius 2 is 1.79 bits per heavy atom. The van der Waals surface area contributed by atoms with E-state index >= 15 is 0 Å². The number of para-hydroxylation sites is 1. The lowest BCUT2D eigenvalue weighted by atomic mass is 10.0. The van der Waals surface area contributed by atoms with Crippen molar-refractivity contribution in [1.82, 2.24) is 0 Å². The molecule has 0 bridgehead atoms. The van der Waals surface area contributed by atoms with Crippen LogP contribution in [-0.2, 0) is 11.3 Å². The van der Waals surface area contributed by atoms with E-state index in [0.717, 1.165) is 26.9 Å². The second kappa shape index (κ2) is 10.3. The van der Waals surface area contributed by atoms with Gasteiger partial charge >= 0.3 is 0 Å². The molecule has 0 fully saturated rings. The van der Waals surface area contributed by atoms with Gasteiger partial charge in [0.05, 0.1) is 4.88 Å². The third kappa shape index (κ3) is 5.39. The van der Waals surface area contributed by atoms with Crippen LogP contribution >= 0.6 is 11.3 Å². The fourth-order valence-electron chi connectivity index (χ4n) is 3.68. The first-order valence-electron chi connectivity index (χ1n) is 10.7. The summed E-state index contributed by atoms with van der Waals surface area (Å²) in [6, 6.07) is 25.1. The summed E-state index contributed by atoms with van der Waals surface area (Å²) < 4.78 is 7.45. The number of amides is 1. The number of fused-ring (bicyclic) bond motifs is 1. The zero-order valence-corrected chi connectivity index (χ0v) is 18.9. The Bertz CT molecular complexity index is 1270. The monoisotopic (exact) mass is 458 g/mol. The number of amidine groups is 1. The summed E-state index contributed by atoms with van der Waals surface area (Å²) in [6.45, 7) is 0.360. The van der Waals surface area contributed by atoms with Crippen molar-refractivity contribution in [3.8, 4) is 5.75 Å². The first-order valence-corrected chi connectivity index (χ1v) is 11.5. The standard InChI is InChI=1S/C26H26N4O2S/c27-16-18-9-4-5-10-20(18)30-25(31)14-13-21(17-7-2-1-3-8-17)32-22-11-6-12-23-19(22)15-24(33-23)26(28)29/h1-12,15,21H,13-14,16,27H2,(H3,28,29)(H,30,31). The quantitative estimate of drug-likeness (QED) is 0.204. The lowest BCUT2D eigenvalue weighted by Gasteiger charge is -2.20. The van der Waals surface area contributed by atoms with E-state index in [1.165, 1.54) is 11.3 Å². The van der Waals surface area contributed by atoms with Crippen molar-refractivity contribution in [3.63, 3.8) is 0 Å². The summed E-state index contributed by atoms with van der Waals surface area (Å²) >= 11 is 1.46. The minimum atomic E-state index is -0.312. The largest absolute Gasteiger partial charge is 0.485 e. The smallest absolute Gasteiger partial charge is 0.224 e. The third-order valence-electron chi connectivity index (χ3n) is 5.37. The average Bonchev–Trinajstić information content (AvgIpc) is 3.28. The topological polar surface area (TPSA) is 114 Å². The van der Waals surface area contributed by atoms with Gasteiger partial charge < -0.3 is 21.5 Å². The van der Waals surface area contributed by atoms with Gasteiger partial charge in [-0.15, -0.1) is 11.3 Å². The molecule has 6 nitrogen and oxygen atoms in total. The van der Waals surface area contributed by atoms with E-state index in [0.29, 0.717) is 23.6 Å². The van der Waals surface area contributed by atoms with Gasteiger partial charge in [0.1, 0.15) is 17.7 Å². The van der Waals surface area contributed by atoms with Crippen molar-refractivity contribution in [2.75, 3.05) is 5.32 Å². The molecule has 168 valence electrons. The molecule has 1 unspecified atom stereocenters. The van der Waals surface area contributed by atoms with Crippen LogP contribution in [0.4, 0.5) is 5.69 Å². The molecule has 0 saturated carbocycles. The minimum absolute atomic E-state index is 0.0381. The van der Waals surface area contributed by atoms with Crippen LogP contribution in [0.5, 0.6) is 5.75 Å². The molecule has 0 aliphatic rings. The van der Waals surface area contributed by atoms with Crippen LogP contribution in [-0.4, -0.2) is 11.7 Å². The van der Waals surface area contributed by atoms with Crippen molar-refractivity contribution in [2.24, 2.45) is 11.5 Å². The van der Waals surface area contributed by atoms with Crippen LogP contribution in [0, 0.1) is 5.41 Å². The van der Waals surface area contributed by atoms with E-state index in [1.54, 1.807) is 0 Å². The van der Waals surface area contributed by atoms with Gasteiger partial charge in [0.25, 0.3) is 0 Å². The lowest BCUT2D eigenvalue weighted by Crippen LogP contribution is -2.17. The van der Waals surface area contributed by atoms with Gasteiger partial charge in [-0.3, -0.25) is 10.2 Å². The van der Waals surface area contributed by atoms with E-state index in [2.05, 4.69) is 5.32 Å². The first-order chi connectivity index (χ1) is 16.0. The Hall–Kier alpha value is -3.68. The molecule has 0 saturated heterocycles. The molecular formula is C26H26N4O2S. The second-order valence-electron chi connectivity index (χ2n) is 7.66. The van der Waals surface area contributed by atoms with Crippen LogP contribution in [0.3, 0.4) is 0 Å². The highest BCUT2D eigenvalue weighted by Gasteiger charge is 2.18. The first kappa shape index (κ1) is 22.5. The Morgan fingerprint density at radius 3 is 2.55 bits per heavy atom. The number of rotatable bonds is 9. The maximum Gasteiger partial charge on any atom is 0.224 e. The molecule has 1 amide bonds. The van der Waals surface area contributed by atoms with Gasteiger partial charge in [0.15, 0.2) is 0 Å². The highest BCUT2D eigenvalue weighted by Crippen LogP contribution is 2.36. The zero-order valence-electron chi connectivity index (χ0n) is 18.1. The molecule has 0 aliphatic carbocycles. The summed E-state index contributed by atoms with van der Waals surface area (Å²) in [5.41, 5.74) is 14.1. The molecule has 0 radical (unpaired) electrons. The molecule has 4 aromatic rings. The molecule has 0 spiro atoms. The Labute approximate surface area is 196 Å². The molecule has 3 aromatic carbocycles. The van der Waals surface area contributed by atoms with Crippen molar-refractivity contribution in [1.29, 1.82) is 5.41 Å². The predicted octanol–water partition coefficient (Wildman–Crippen LogP) is 5.18. The second-order valence-corrected chi connectivity index (χ2v) is 8.74. The van der Waals surface area contributed by atoms with Crippen LogP contribution in [0.15, 0.2) is 78.9 Å². The molecule has 33 heavy (non-hydrogen) atoms. The van der Waals surface area contributed by atoms with Crippen molar-refractivity contribution < 1.29 is 9.53 Å². The maximum absolute atomic E-state index is 12.7. The molecule has 0 aliphatic heterocycles. The van der Waals surface area contributed by atoms with E-state index in [-0.39, 0.29) is 24.3 Å². The number of thiophene rings is 1. The summed E-state index contributed by atoms with van der Waals surface area (Å²) in [7, 11) is 0. The molecule has 1 heterocycles. The summed E-state index contributed by atoms with van der Waals surface area (Å²) in [6.07, 6.45) is 0.477. The number of hydrogen-bond acceptors (Lipinski definition) is 5. The molecule has 1 atom stereocenters. The van der Waals surface area contributed by atoms with Crippen molar-refractivity contribution >= 4 is 38.9 Å². The third-order valence-corrected chi connectivity index (χ3v) is 6.51. The lowest BCUT2D eigenvalue weighted by molar-refractivity contribution is -0.116. The number of hydrogen-bond donors (Lipinski definition) is 4. The number of carbonyl (C=O) groups excluding carboxylic acids is 1. The zero-order chi connectivity index (χ0) is 23.2. The molecule has 1 aromatic heterocycles. The molecule has 7 heteroatoms. The van der Waals surface area contributed by atoms with Crippen LogP contribution in [0.1, 0.15) is 34.9 Å². The number of nitrogen functional groups attached to an aromatic ring is 1. The fourth-order valence-corrected chi connectivity index (χ4v) is 4.62. The molecular weight excluding hydrogens is 432 g/mol. The van der Waals surface area contributed by atoms with Crippen LogP contribution < -0.4 is 21.5 Å². The van der Waals surface area contributed by atoms with Gasteiger partial charge in [0, 0.05) is 28.7 Å². The van der Waals surface area contributed by atoms with Gasteiger partial charge in [-0.2, -0.15) is 0 Å². The Morgan fingerprint density at radius 1 is 1.03 bits per heavy atom. The van der Waals surface area contributed by atoms with E-state index in [4.69, 9.17) is 21.6 Å². The normalized spacial score (nSPS) is 11.8. The van der Waals surface area contributed by atoms with Gasteiger partial charge in [-0.05, 0) is 41.8 Å². The number of benzene rings is 3. The predicted molar refractivity (Wildman–Crippen MR) is 135 cm³/mol. The van der Waals surface area contributed by atoms with Crippen LogP contribution in [0.2, 0.25) is 0 Å². The van der Waals surface area contributed by atoms with E-state index in [9.17, 15) is 4.79 Å². The minimum Gasteiger partial charge on any atom is -0.485 e. The van der Waals surface area contributed by atoms with Gasteiger partial charge in [0.2, 0.25) is 5.91 Å². The van der Waals surface area contributed by atoms with Crippen molar-refractivity contribution in [3.05, 3.63) is 94.9 Å². The number of carbonyl (C=O) groups is 1. The van der Waals surface area contributed by atoms with E-state index < -0.39 is 0 Å². The summed E-state index contributed by atoms with van der Waals surface area (Å²) in [5, 5.41) is 11.6. The van der Waals surface area contributed by atoms with Crippen molar-refractivity contribution in [2.45, 2.75) is 25.5 Å². The summed E-state index contributed by atoms with van der Waals surface area (Å²) in [5.74, 6) is 0.656. The van der Waals surface area contributed by atoms with E-state index in [1.807, 2.05) is 78.9 Å². The average molecular weight is 459 g/mol. The summed E-state index contributed by atoms with van der Waals surface area (Å²) in [4.78, 5) is 13.4. The maximum atomic E-state index is 12.7. The van der Waals surface area contributed by atoms with Crippen LogP contribution in [0.25, 0.3) is 10.1 Å². The Balaban J connectivity index is 1.54.